The van der Waals surface area contributed by atoms with Crippen molar-refractivity contribution in [3.05, 3.63) is 47.5 Å². The van der Waals surface area contributed by atoms with Crippen LogP contribution in [-0.2, 0) is 4.74 Å². The standard InChI is InChI=1S/C14H13FN2O2/c15-12-3-1-2-4-13(12)17-7-11(8-18)14(16-17)10-5-6-19-9-10/h1-4,7-8,10H,5-6,9H2. The normalized spacial score (nSPS) is 18.7. The molecule has 1 saturated heterocycles. The molecule has 0 aliphatic carbocycles. The molecule has 4 nitrogen and oxygen atoms in total. The second kappa shape index (κ2) is 4.93. The summed E-state index contributed by atoms with van der Waals surface area (Å²) in [5.74, 6) is -0.245. The average molecular weight is 260 g/mol. The van der Waals surface area contributed by atoms with E-state index >= 15 is 0 Å². The van der Waals surface area contributed by atoms with Crippen LogP contribution in [0.1, 0.15) is 28.4 Å². The third-order valence-electron chi connectivity index (χ3n) is 3.32. The number of aromatic nitrogens is 2. The summed E-state index contributed by atoms with van der Waals surface area (Å²) in [4.78, 5) is 11.1. The largest absolute Gasteiger partial charge is 0.381 e. The number of para-hydroxylation sites is 1. The molecule has 1 atom stereocenters. The van der Waals surface area contributed by atoms with Crippen molar-refractivity contribution in [3.63, 3.8) is 0 Å². The second-order valence-electron chi connectivity index (χ2n) is 4.54. The van der Waals surface area contributed by atoms with E-state index in [2.05, 4.69) is 5.10 Å². The highest BCUT2D eigenvalue weighted by atomic mass is 19.1. The molecule has 1 fully saturated rings. The number of ether oxygens (including phenoxy) is 1. The smallest absolute Gasteiger partial charge is 0.153 e. The molecular formula is C14H13FN2O2. The van der Waals surface area contributed by atoms with E-state index < -0.39 is 0 Å². The van der Waals surface area contributed by atoms with Crippen LogP contribution in [0.4, 0.5) is 4.39 Å². The Bertz CT molecular complexity index is 603. The Hall–Kier alpha value is -2.01. The van der Waals surface area contributed by atoms with Crippen LogP contribution in [0.25, 0.3) is 5.69 Å². The van der Waals surface area contributed by atoms with Crippen molar-refractivity contribution in [2.24, 2.45) is 0 Å². The van der Waals surface area contributed by atoms with Crippen molar-refractivity contribution in [2.75, 3.05) is 13.2 Å². The quantitative estimate of drug-likeness (QED) is 0.795. The molecule has 0 amide bonds. The zero-order valence-corrected chi connectivity index (χ0v) is 10.3. The molecule has 0 N–H and O–H groups in total. The minimum atomic E-state index is -0.364. The van der Waals surface area contributed by atoms with Gasteiger partial charge in [0.25, 0.3) is 0 Å². The molecule has 0 spiro atoms. The first-order valence-corrected chi connectivity index (χ1v) is 6.17. The summed E-state index contributed by atoms with van der Waals surface area (Å²) < 4.78 is 20.5. The average Bonchev–Trinajstić information content (AvgIpc) is 3.08. The van der Waals surface area contributed by atoms with Gasteiger partial charge in [-0.05, 0) is 18.6 Å². The molecular weight excluding hydrogens is 247 g/mol. The number of halogens is 1. The highest BCUT2D eigenvalue weighted by Gasteiger charge is 2.24. The van der Waals surface area contributed by atoms with Crippen LogP contribution in [0, 0.1) is 5.82 Å². The van der Waals surface area contributed by atoms with Crippen LogP contribution in [0.5, 0.6) is 0 Å². The van der Waals surface area contributed by atoms with Crippen molar-refractivity contribution in [2.45, 2.75) is 12.3 Å². The number of aldehydes is 1. The van der Waals surface area contributed by atoms with Crippen LogP contribution in [0.3, 0.4) is 0 Å². The minimum absolute atomic E-state index is 0.119. The first kappa shape index (κ1) is 12.0. The third-order valence-corrected chi connectivity index (χ3v) is 3.32. The van der Waals surface area contributed by atoms with Crippen molar-refractivity contribution >= 4 is 6.29 Å². The van der Waals surface area contributed by atoms with Gasteiger partial charge in [-0.2, -0.15) is 5.10 Å². The van der Waals surface area contributed by atoms with Crippen molar-refractivity contribution in [1.29, 1.82) is 0 Å². The van der Waals surface area contributed by atoms with Crippen LogP contribution < -0.4 is 0 Å². The predicted octanol–water partition coefficient (Wildman–Crippen LogP) is 2.33. The van der Waals surface area contributed by atoms with Crippen molar-refractivity contribution in [1.82, 2.24) is 9.78 Å². The molecule has 1 aromatic carbocycles. The lowest BCUT2D eigenvalue weighted by molar-refractivity contribution is 0.112. The van der Waals surface area contributed by atoms with Gasteiger partial charge in [-0.15, -0.1) is 0 Å². The number of carbonyl (C=O) groups excluding carboxylic acids is 1. The van der Waals surface area contributed by atoms with Crippen molar-refractivity contribution < 1.29 is 13.9 Å². The van der Waals surface area contributed by atoms with Crippen molar-refractivity contribution in [3.8, 4) is 5.69 Å². The molecule has 0 bridgehead atoms. The zero-order valence-electron chi connectivity index (χ0n) is 10.3. The van der Waals surface area contributed by atoms with E-state index in [0.717, 1.165) is 12.7 Å². The number of benzene rings is 1. The summed E-state index contributed by atoms with van der Waals surface area (Å²) >= 11 is 0. The molecule has 2 aromatic rings. The highest BCUT2D eigenvalue weighted by molar-refractivity contribution is 5.76. The summed E-state index contributed by atoms with van der Waals surface area (Å²) in [5, 5.41) is 4.36. The van der Waals surface area contributed by atoms with E-state index in [1.54, 1.807) is 24.4 Å². The first-order chi connectivity index (χ1) is 9.29. The maximum atomic E-state index is 13.7. The highest BCUT2D eigenvalue weighted by Crippen LogP contribution is 2.27. The summed E-state index contributed by atoms with van der Waals surface area (Å²) in [5.41, 5.74) is 1.53. The minimum Gasteiger partial charge on any atom is -0.381 e. The SMILES string of the molecule is O=Cc1cn(-c2ccccc2F)nc1C1CCOC1. The molecule has 1 unspecified atom stereocenters. The Morgan fingerprint density at radius 3 is 2.95 bits per heavy atom. The van der Waals surface area contributed by atoms with Gasteiger partial charge in [0, 0.05) is 18.7 Å². The van der Waals surface area contributed by atoms with Gasteiger partial charge in [0.05, 0.1) is 17.9 Å². The molecule has 0 radical (unpaired) electrons. The van der Waals surface area contributed by atoms with Gasteiger partial charge in [0.2, 0.25) is 0 Å². The lowest BCUT2D eigenvalue weighted by Gasteiger charge is -2.04. The second-order valence-corrected chi connectivity index (χ2v) is 4.54. The number of hydrogen-bond donors (Lipinski definition) is 0. The Balaban J connectivity index is 2.04. The number of rotatable bonds is 3. The van der Waals surface area contributed by atoms with E-state index in [4.69, 9.17) is 4.74 Å². The van der Waals surface area contributed by atoms with Gasteiger partial charge in [-0.1, -0.05) is 12.1 Å². The Kier molecular flexibility index (Phi) is 3.13. The fourth-order valence-electron chi connectivity index (χ4n) is 2.32. The van der Waals surface area contributed by atoms with Crippen LogP contribution in [-0.4, -0.2) is 29.3 Å². The maximum absolute atomic E-state index is 13.7. The van der Waals surface area contributed by atoms with Gasteiger partial charge in [0.1, 0.15) is 11.5 Å². The van der Waals surface area contributed by atoms with E-state index in [9.17, 15) is 9.18 Å². The van der Waals surface area contributed by atoms with Crippen LogP contribution in [0.15, 0.2) is 30.5 Å². The third kappa shape index (κ3) is 2.17. The van der Waals surface area contributed by atoms with Gasteiger partial charge < -0.3 is 4.74 Å². The fraction of sp³-hybridized carbons (Fsp3) is 0.286. The van der Waals surface area contributed by atoms with E-state index in [-0.39, 0.29) is 11.7 Å². The summed E-state index contributed by atoms with van der Waals surface area (Å²) in [6, 6.07) is 6.36. The molecule has 0 saturated carbocycles. The maximum Gasteiger partial charge on any atom is 0.153 e. The fourth-order valence-corrected chi connectivity index (χ4v) is 2.32. The molecule has 5 heteroatoms. The zero-order chi connectivity index (χ0) is 13.2. The first-order valence-electron chi connectivity index (χ1n) is 6.17. The molecule has 1 aliphatic heterocycles. The molecule has 98 valence electrons. The van der Waals surface area contributed by atoms with Gasteiger partial charge in [-0.3, -0.25) is 4.79 Å². The molecule has 1 aromatic heterocycles. The van der Waals surface area contributed by atoms with Gasteiger partial charge in [-0.25, -0.2) is 9.07 Å². The summed E-state index contributed by atoms with van der Waals surface area (Å²) in [6.07, 6.45) is 3.17. The lowest BCUT2D eigenvalue weighted by Crippen LogP contribution is -2.03. The van der Waals surface area contributed by atoms with Gasteiger partial charge >= 0.3 is 0 Å². The summed E-state index contributed by atoms with van der Waals surface area (Å²) in [6.45, 7) is 1.24. The molecule has 19 heavy (non-hydrogen) atoms. The van der Waals surface area contributed by atoms with Crippen LogP contribution in [0.2, 0.25) is 0 Å². The Labute approximate surface area is 109 Å². The topological polar surface area (TPSA) is 44.1 Å². The molecule has 3 rings (SSSR count). The monoisotopic (exact) mass is 260 g/mol. The number of hydrogen-bond acceptors (Lipinski definition) is 3. The van der Waals surface area contributed by atoms with Crippen LogP contribution >= 0.6 is 0 Å². The number of nitrogens with zero attached hydrogens (tertiary/aromatic N) is 2. The number of carbonyl (C=O) groups is 1. The lowest BCUT2D eigenvalue weighted by atomic mass is 10.0. The summed E-state index contributed by atoms with van der Waals surface area (Å²) in [7, 11) is 0. The Morgan fingerprint density at radius 2 is 2.26 bits per heavy atom. The van der Waals surface area contributed by atoms with E-state index in [0.29, 0.717) is 30.2 Å². The predicted molar refractivity (Wildman–Crippen MR) is 67.1 cm³/mol. The van der Waals surface area contributed by atoms with Gasteiger partial charge in [0.15, 0.2) is 6.29 Å². The van der Waals surface area contributed by atoms with E-state index in [1.807, 2.05) is 0 Å². The Morgan fingerprint density at radius 1 is 1.42 bits per heavy atom. The molecule has 1 aliphatic rings. The van der Waals surface area contributed by atoms with E-state index in [1.165, 1.54) is 10.7 Å². The molecule has 2 heterocycles.